The summed E-state index contributed by atoms with van der Waals surface area (Å²) in [5, 5.41) is 0. The summed E-state index contributed by atoms with van der Waals surface area (Å²) in [7, 11) is 0. The Bertz CT molecular complexity index is 271. The van der Waals surface area contributed by atoms with E-state index in [0.717, 1.165) is 0 Å². The minimum Gasteiger partial charge on any atom is -0.171 e. The minimum absolute atomic E-state index is 0.146. The van der Waals surface area contributed by atoms with Crippen LogP contribution < -0.4 is 0 Å². The quantitative estimate of drug-likeness (QED) is 0.543. The van der Waals surface area contributed by atoms with Crippen molar-refractivity contribution >= 4 is 0 Å². The van der Waals surface area contributed by atoms with Crippen LogP contribution in [0, 0.1) is 23.7 Å². The first kappa shape index (κ1) is 16.0. The van der Waals surface area contributed by atoms with E-state index < -0.39 is 24.2 Å². The van der Waals surface area contributed by atoms with Gasteiger partial charge in [-0.1, -0.05) is 0 Å². The van der Waals surface area contributed by atoms with Gasteiger partial charge in [0.2, 0.25) is 0 Å². The lowest BCUT2D eigenvalue weighted by atomic mass is 9.69. The van der Waals surface area contributed by atoms with Gasteiger partial charge in [0.15, 0.2) is 0 Å². The van der Waals surface area contributed by atoms with E-state index in [2.05, 4.69) is 0 Å². The van der Waals surface area contributed by atoms with E-state index in [1.165, 1.54) is 0 Å². The largest absolute Gasteiger partial charge is 0.391 e. The maximum Gasteiger partial charge on any atom is 0.391 e. The van der Waals surface area contributed by atoms with Gasteiger partial charge in [-0.2, -0.15) is 26.3 Å². The summed E-state index contributed by atoms with van der Waals surface area (Å²) in [4.78, 5) is 0. The molecule has 2 aliphatic rings. The van der Waals surface area contributed by atoms with Crippen LogP contribution in [0.2, 0.25) is 0 Å². The fourth-order valence-electron chi connectivity index (χ4n) is 3.84. The van der Waals surface area contributed by atoms with Gasteiger partial charge < -0.3 is 0 Å². The lowest BCUT2D eigenvalue weighted by molar-refractivity contribution is -0.190. The van der Waals surface area contributed by atoms with Gasteiger partial charge in [-0.15, -0.1) is 0 Å². The van der Waals surface area contributed by atoms with Crippen molar-refractivity contribution < 1.29 is 26.3 Å². The third-order valence-electron chi connectivity index (χ3n) is 5.14. The fraction of sp³-hybridized carbons (Fsp3) is 1.00. The van der Waals surface area contributed by atoms with Gasteiger partial charge in [-0.05, 0) is 63.2 Å². The van der Waals surface area contributed by atoms with Crippen LogP contribution in [0.25, 0.3) is 0 Å². The standard InChI is InChI=1S/C14H20F6/c15-13(16,17)11-5-1-9(2-6-11)10-3-7-12(8-4-10)14(18,19)20/h9-12H,1-8H2. The highest BCUT2D eigenvalue weighted by Gasteiger charge is 2.45. The molecule has 0 unspecified atom stereocenters. The molecule has 2 aliphatic carbocycles. The SMILES string of the molecule is FC(F)(F)C1CCC(C2CCC(C(F)(F)F)CC2)CC1. The zero-order chi connectivity index (χ0) is 15.0. The molecule has 0 nitrogen and oxygen atoms in total. The van der Waals surface area contributed by atoms with E-state index in [4.69, 9.17) is 0 Å². The first-order valence-corrected chi connectivity index (χ1v) is 7.31. The molecule has 0 amide bonds. The number of hydrogen-bond donors (Lipinski definition) is 0. The summed E-state index contributed by atoms with van der Waals surface area (Å²) in [6, 6.07) is 0. The Morgan fingerprint density at radius 2 is 0.700 bits per heavy atom. The Morgan fingerprint density at radius 3 is 0.900 bits per heavy atom. The summed E-state index contributed by atoms with van der Waals surface area (Å²) in [5.41, 5.74) is 0. The zero-order valence-electron chi connectivity index (χ0n) is 11.2. The van der Waals surface area contributed by atoms with Gasteiger partial charge in [0, 0.05) is 0 Å². The van der Waals surface area contributed by atoms with Crippen molar-refractivity contribution in [3.8, 4) is 0 Å². The molecule has 0 aliphatic heterocycles. The van der Waals surface area contributed by atoms with Crippen molar-refractivity contribution in [3.05, 3.63) is 0 Å². The van der Waals surface area contributed by atoms with Crippen molar-refractivity contribution in [2.45, 2.75) is 63.7 Å². The highest BCUT2D eigenvalue weighted by molar-refractivity contribution is 4.85. The van der Waals surface area contributed by atoms with Crippen LogP contribution in [0.5, 0.6) is 0 Å². The van der Waals surface area contributed by atoms with Gasteiger partial charge >= 0.3 is 12.4 Å². The Kier molecular flexibility index (Phi) is 4.59. The van der Waals surface area contributed by atoms with Gasteiger partial charge in [0.05, 0.1) is 11.8 Å². The average Bonchev–Trinajstić information content (AvgIpc) is 2.37. The van der Waals surface area contributed by atoms with Crippen molar-refractivity contribution in [1.82, 2.24) is 0 Å². The van der Waals surface area contributed by atoms with Crippen LogP contribution >= 0.6 is 0 Å². The van der Waals surface area contributed by atoms with E-state index in [1.807, 2.05) is 0 Å². The van der Waals surface area contributed by atoms with Crippen molar-refractivity contribution in [2.75, 3.05) is 0 Å². The molecule has 2 fully saturated rings. The molecule has 0 bridgehead atoms. The highest BCUT2D eigenvalue weighted by atomic mass is 19.4. The molecule has 0 N–H and O–H groups in total. The number of hydrogen-bond acceptors (Lipinski definition) is 0. The van der Waals surface area contributed by atoms with Crippen LogP contribution in [-0.2, 0) is 0 Å². The predicted molar refractivity (Wildman–Crippen MR) is 63.0 cm³/mol. The summed E-state index contributed by atoms with van der Waals surface area (Å²) in [5.74, 6) is -2.01. The molecular weight excluding hydrogens is 282 g/mol. The smallest absolute Gasteiger partial charge is 0.171 e. The maximum absolute atomic E-state index is 12.6. The average molecular weight is 302 g/mol. The van der Waals surface area contributed by atoms with Crippen LogP contribution in [0.3, 0.4) is 0 Å². The number of rotatable bonds is 1. The van der Waals surface area contributed by atoms with E-state index in [1.54, 1.807) is 0 Å². The Labute approximate surface area is 114 Å². The van der Waals surface area contributed by atoms with Gasteiger partial charge in [-0.25, -0.2) is 0 Å². The first-order valence-electron chi connectivity index (χ1n) is 7.31. The minimum atomic E-state index is -4.11. The molecule has 0 saturated heterocycles. The topological polar surface area (TPSA) is 0 Å². The fourth-order valence-corrected chi connectivity index (χ4v) is 3.84. The molecule has 20 heavy (non-hydrogen) atoms. The van der Waals surface area contributed by atoms with Crippen molar-refractivity contribution in [2.24, 2.45) is 23.7 Å². The Balaban J connectivity index is 1.79. The van der Waals surface area contributed by atoms with Crippen molar-refractivity contribution in [3.63, 3.8) is 0 Å². The van der Waals surface area contributed by atoms with Gasteiger partial charge in [0.25, 0.3) is 0 Å². The van der Waals surface area contributed by atoms with Crippen LogP contribution in [0.1, 0.15) is 51.4 Å². The molecule has 0 spiro atoms. The number of alkyl halides is 6. The molecular formula is C14H20F6. The molecule has 2 rings (SSSR count). The summed E-state index contributed by atoms with van der Waals surface area (Å²) in [6.07, 6.45) is -5.56. The lowest BCUT2D eigenvalue weighted by Gasteiger charge is -2.38. The third kappa shape index (κ3) is 3.82. The zero-order valence-corrected chi connectivity index (χ0v) is 11.2. The highest BCUT2D eigenvalue weighted by Crippen LogP contribution is 2.47. The van der Waals surface area contributed by atoms with E-state index in [9.17, 15) is 26.3 Å². The molecule has 0 aromatic carbocycles. The first-order chi connectivity index (χ1) is 9.18. The summed E-state index contributed by atoms with van der Waals surface area (Å²) in [6.45, 7) is 0. The van der Waals surface area contributed by atoms with E-state index >= 15 is 0 Å². The third-order valence-corrected chi connectivity index (χ3v) is 5.14. The second kappa shape index (κ2) is 5.76. The molecule has 0 radical (unpaired) electrons. The van der Waals surface area contributed by atoms with Gasteiger partial charge in [-0.3, -0.25) is 0 Å². The lowest BCUT2D eigenvalue weighted by Crippen LogP contribution is -2.33. The van der Waals surface area contributed by atoms with E-state index in [0.29, 0.717) is 25.7 Å². The summed E-state index contributed by atoms with van der Waals surface area (Å²) < 4.78 is 75.4. The number of halogens is 6. The monoisotopic (exact) mass is 302 g/mol. The molecule has 0 aromatic rings. The maximum atomic E-state index is 12.6. The second-order valence-electron chi connectivity index (χ2n) is 6.31. The Morgan fingerprint density at radius 1 is 0.450 bits per heavy atom. The second-order valence-corrected chi connectivity index (χ2v) is 6.31. The summed E-state index contributed by atoms with van der Waals surface area (Å²) >= 11 is 0. The molecule has 2 saturated carbocycles. The Hall–Kier alpha value is -0.420. The predicted octanol–water partition coefficient (Wildman–Crippen LogP) is 5.72. The normalized spacial score (nSPS) is 36.9. The van der Waals surface area contributed by atoms with Crippen molar-refractivity contribution in [1.29, 1.82) is 0 Å². The van der Waals surface area contributed by atoms with Crippen LogP contribution in [-0.4, -0.2) is 12.4 Å². The molecule has 0 heterocycles. The van der Waals surface area contributed by atoms with Crippen LogP contribution in [0.4, 0.5) is 26.3 Å². The van der Waals surface area contributed by atoms with Gasteiger partial charge in [0.1, 0.15) is 0 Å². The van der Waals surface area contributed by atoms with Crippen LogP contribution in [0.15, 0.2) is 0 Å². The molecule has 0 aromatic heterocycles. The molecule has 6 heteroatoms. The molecule has 0 atom stereocenters. The van der Waals surface area contributed by atoms with E-state index in [-0.39, 0.29) is 37.5 Å². The molecule has 118 valence electrons.